The maximum absolute atomic E-state index is 12.1. The van der Waals surface area contributed by atoms with E-state index >= 15 is 0 Å². The van der Waals surface area contributed by atoms with E-state index in [9.17, 15) is 14.4 Å². The number of rotatable bonds is 6. The van der Waals surface area contributed by atoms with Crippen LogP contribution in [0.15, 0.2) is 18.2 Å². The van der Waals surface area contributed by atoms with E-state index in [2.05, 4.69) is 10.2 Å². The van der Waals surface area contributed by atoms with Gasteiger partial charge >= 0.3 is 0 Å². The van der Waals surface area contributed by atoms with Gasteiger partial charge in [-0.05, 0) is 50.1 Å². The lowest BCUT2D eigenvalue weighted by Gasteiger charge is -2.34. The van der Waals surface area contributed by atoms with Gasteiger partial charge in [-0.3, -0.25) is 24.6 Å². The van der Waals surface area contributed by atoms with Crippen LogP contribution in [0.5, 0.6) is 0 Å². The van der Waals surface area contributed by atoms with Crippen molar-refractivity contribution < 1.29 is 19.1 Å². The van der Waals surface area contributed by atoms with Crippen molar-refractivity contribution in [3.8, 4) is 0 Å². The lowest BCUT2D eigenvalue weighted by Crippen LogP contribution is -2.51. The Hall–Kier alpha value is -2.25. The number of methoxy groups -OCH3 is 1. The summed E-state index contributed by atoms with van der Waals surface area (Å²) in [6.45, 7) is 2.31. The number of carbonyl (C=O) groups excluding carboxylic acids is 3. The van der Waals surface area contributed by atoms with Gasteiger partial charge in [-0.1, -0.05) is 0 Å². The van der Waals surface area contributed by atoms with E-state index in [1.165, 1.54) is 0 Å². The number of hydrogen-bond acceptors (Lipinski definition) is 6. The molecular weight excluding hydrogens is 346 g/mol. The number of piperidine rings is 2. The van der Waals surface area contributed by atoms with Crippen LogP contribution in [0, 0.1) is 0 Å². The summed E-state index contributed by atoms with van der Waals surface area (Å²) in [7, 11) is 3.60. The first-order valence-corrected chi connectivity index (χ1v) is 9.41. The molecule has 2 amide bonds. The molecule has 3 rings (SSSR count). The predicted molar refractivity (Wildman–Crippen MR) is 102 cm³/mol. The number of nitrogens with one attached hydrogen (secondary N) is 1. The smallest absolute Gasteiger partial charge is 0.243 e. The van der Waals surface area contributed by atoms with Crippen molar-refractivity contribution >= 4 is 23.8 Å². The molecule has 7 nitrogen and oxygen atoms in total. The molecule has 0 saturated carbocycles. The number of nitrogens with zero attached hydrogens (tertiary/aromatic N) is 2. The van der Waals surface area contributed by atoms with Crippen LogP contribution < -0.4 is 10.2 Å². The molecule has 0 spiro atoms. The fourth-order valence-corrected chi connectivity index (χ4v) is 3.87. The molecule has 2 aliphatic rings. The Morgan fingerprint density at radius 3 is 2.63 bits per heavy atom. The third-order valence-corrected chi connectivity index (χ3v) is 5.56. The van der Waals surface area contributed by atoms with Gasteiger partial charge in [-0.2, -0.15) is 0 Å². The van der Waals surface area contributed by atoms with Gasteiger partial charge < -0.3 is 9.64 Å². The maximum atomic E-state index is 12.1. The van der Waals surface area contributed by atoms with Crippen LogP contribution in [-0.4, -0.2) is 62.4 Å². The highest BCUT2D eigenvalue weighted by molar-refractivity contribution is 6.00. The molecule has 146 valence electrons. The van der Waals surface area contributed by atoms with E-state index < -0.39 is 0 Å². The van der Waals surface area contributed by atoms with Gasteiger partial charge in [0.15, 0.2) is 0 Å². The summed E-state index contributed by atoms with van der Waals surface area (Å²) in [5.41, 5.74) is 2.61. The largest absolute Gasteiger partial charge is 0.381 e. The minimum Gasteiger partial charge on any atom is -0.381 e. The molecule has 27 heavy (non-hydrogen) atoms. The summed E-state index contributed by atoms with van der Waals surface area (Å²) < 4.78 is 5.43. The summed E-state index contributed by atoms with van der Waals surface area (Å²) in [6.07, 6.45) is 3.98. The number of anilines is 1. The number of imide groups is 1. The third-order valence-electron chi connectivity index (χ3n) is 5.56. The van der Waals surface area contributed by atoms with Gasteiger partial charge in [0.25, 0.3) is 0 Å². The molecular formula is C20H27N3O4. The van der Waals surface area contributed by atoms with Crippen LogP contribution in [0.1, 0.15) is 41.6 Å². The predicted octanol–water partition coefficient (Wildman–Crippen LogP) is 1.35. The molecule has 1 N–H and O–H groups in total. The molecule has 2 saturated heterocycles. The van der Waals surface area contributed by atoms with Gasteiger partial charge in [0.2, 0.25) is 11.8 Å². The first-order valence-electron chi connectivity index (χ1n) is 9.41. The number of benzene rings is 1. The zero-order valence-electron chi connectivity index (χ0n) is 15.9. The lowest BCUT2D eigenvalue weighted by molar-refractivity contribution is -0.137. The zero-order chi connectivity index (χ0) is 19.4. The number of carbonyl (C=O) groups is 3. The number of likely N-dealkylation sites (N-methyl/N-ethyl adjacent to an activating group) is 1. The van der Waals surface area contributed by atoms with Crippen LogP contribution in [0.2, 0.25) is 0 Å². The Morgan fingerprint density at radius 2 is 2.00 bits per heavy atom. The first-order chi connectivity index (χ1) is 13.0. The highest BCUT2D eigenvalue weighted by atomic mass is 16.5. The molecule has 0 aliphatic carbocycles. The van der Waals surface area contributed by atoms with Crippen molar-refractivity contribution in [2.75, 3.05) is 32.1 Å². The summed E-state index contributed by atoms with van der Waals surface area (Å²) in [4.78, 5) is 39.2. The van der Waals surface area contributed by atoms with Crippen molar-refractivity contribution in [1.29, 1.82) is 0 Å². The topological polar surface area (TPSA) is 79.0 Å². The number of amides is 2. The summed E-state index contributed by atoms with van der Waals surface area (Å²) in [6, 6.07) is 5.51. The van der Waals surface area contributed by atoms with Crippen LogP contribution in [0.3, 0.4) is 0 Å². The van der Waals surface area contributed by atoms with Crippen molar-refractivity contribution in [2.45, 2.75) is 44.4 Å². The number of ether oxygens (including phenoxy) is 1. The Balaban J connectivity index is 1.73. The highest BCUT2D eigenvalue weighted by Crippen LogP contribution is 2.25. The zero-order valence-corrected chi connectivity index (χ0v) is 15.9. The van der Waals surface area contributed by atoms with E-state index in [1.807, 2.05) is 30.1 Å². The second kappa shape index (κ2) is 8.63. The summed E-state index contributed by atoms with van der Waals surface area (Å²) in [5, 5.41) is 2.39. The fourth-order valence-electron chi connectivity index (χ4n) is 3.87. The SMILES string of the molecule is COC1CCN(c2ccc(C=O)c(CN(C)C3CCC(=O)NC3=O)c2)CC1. The Bertz CT molecular complexity index is 713. The monoisotopic (exact) mass is 373 g/mol. The molecule has 2 aliphatic heterocycles. The third kappa shape index (κ3) is 4.54. The van der Waals surface area contributed by atoms with Crippen LogP contribution in [-0.2, 0) is 20.9 Å². The molecule has 0 radical (unpaired) electrons. The van der Waals surface area contributed by atoms with Gasteiger partial charge in [-0.15, -0.1) is 0 Å². The number of hydrogen-bond donors (Lipinski definition) is 1. The van der Waals surface area contributed by atoms with Crippen LogP contribution in [0.4, 0.5) is 5.69 Å². The van der Waals surface area contributed by atoms with Gasteiger partial charge in [0.1, 0.15) is 6.29 Å². The van der Waals surface area contributed by atoms with Crippen molar-refractivity contribution in [2.24, 2.45) is 0 Å². The molecule has 0 bridgehead atoms. The van der Waals surface area contributed by atoms with E-state index in [4.69, 9.17) is 4.74 Å². The standard InChI is InChI=1S/C20H27N3O4/c1-22(18-5-6-19(25)21-20(18)26)12-15-11-16(4-3-14(15)13-24)23-9-7-17(27-2)8-10-23/h3-4,11,13,17-18H,5-10,12H2,1-2H3,(H,21,25,26). The Morgan fingerprint density at radius 1 is 1.26 bits per heavy atom. The van der Waals surface area contributed by atoms with Crippen LogP contribution in [0.25, 0.3) is 0 Å². The summed E-state index contributed by atoms with van der Waals surface area (Å²) in [5.74, 6) is -0.487. The van der Waals surface area contributed by atoms with E-state index in [1.54, 1.807) is 7.11 Å². The molecule has 1 atom stereocenters. The van der Waals surface area contributed by atoms with E-state index in [0.717, 1.165) is 43.5 Å². The van der Waals surface area contributed by atoms with E-state index in [-0.39, 0.29) is 17.9 Å². The van der Waals surface area contributed by atoms with Gasteiger partial charge in [0, 0.05) is 44.4 Å². The van der Waals surface area contributed by atoms with Crippen LogP contribution >= 0.6 is 0 Å². The number of aldehydes is 1. The molecule has 1 unspecified atom stereocenters. The highest BCUT2D eigenvalue weighted by Gasteiger charge is 2.30. The molecule has 7 heteroatoms. The van der Waals surface area contributed by atoms with Gasteiger partial charge in [-0.25, -0.2) is 0 Å². The summed E-state index contributed by atoms with van der Waals surface area (Å²) >= 11 is 0. The average molecular weight is 373 g/mol. The Kier molecular flexibility index (Phi) is 6.23. The molecule has 1 aromatic carbocycles. The van der Waals surface area contributed by atoms with Crippen molar-refractivity contribution in [1.82, 2.24) is 10.2 Å². The second-order valence-corrected chi connectivity index (χ2v) is 7.31. The molecule has 2 heterocycles. The van der Waals surface area contributed by atoms with E-state index in [0.29, 0.717) is 31.1 Å². The van der Waals surface area contributed by atoms with Crippen molar-refractivity contribution in [3.63, 3.8) is 0 Å². The minimum absolute atomic E-state index is 0.223. The maximum Gasteiger partial charge on any atom is 0.243 e. The molecule has 1 aromatic rings. The van der Waals surface area contributed by atoms with Gasteiger partial charge in [0.05, 0.1) is 12.1 Å². The molecule has 2 fully saturated rings. The lowest BCUT2D eigenvalue weighted by atomic mass is 10.0. The Labute approximate surface area is 159 Å². The quantitative estimate of drug-likeness (QED) is 0.599. The fraction of sp³-hybridized carbons (Fsp3) is 0.550. The van der Waals surface area contributed by atoms with Crippen molar-refractivity contribution in [3.05, 3.63) is 29.3 Å². The second-order valence-electron chi connectivity index (χ2n) is 7.31. The average Bonchev–Trinajstić information content (AvgIpc) is 2.68. The first kappa shape index (κ1) is 19.5. The normalized spacial score (nSPS) is 21.4. The minimum atomic E-state index is -0.358. The molecule has 0 aromatic heterocycles.